The largest absolute Gasteiger partial charge is 0.477 e. The maximum Gasteiger partial charge on any atom is 0.352 e. The molecule has 0 aromatic carbocycles. The Labute approximate surface area is 192 Å². The minimum Gasteiger partial charge on any atom is -0.477 e. The summed E-state index contributed by atoms with van der Waals surface area (Å²) in [6.45, 7) is 4.17. The van der Waals surface area contributed by atoms with Gasteiger partial charge in [0.05, 0.1) is 28.6 Å². The van der Waals surface area contributed by atoms with E-state index < -0.39 is 18.0 Å². The van der Waals surface area contributed by atoms with E-state index in [-0.39, 0.29) is 23.6 Å². The zero-order valence-corrected chi connectivity index (χ0v) is 19.4. The molecule has 5 heterocycles. The highest BCUT2D eigenvalue weighted by Gasteiger charge is 2.60. The Hall–Kier alpha value is -2.69. The van der Waals surface area contributed by atoms with Crippen molar-refractivity contribution in [1.82, 2.24) is 14.3 Å². The van der Waals surface area contributed by atoms with Crippen LogP contribution in [0.2, 0.25) is 0 Å². The maximum absolute atomic E-state index is 12.6. The number of nitrogens with zero attached hydrogens (tertiary/aromatic N) is 4. The fraction of sp³-hybridized carbons (Fsp3) is 0.364. The molecule has 4 atom stereocenters. The van der Waals surface area contributed by atoms with Crippen LogP contribution in [0.25, 0.3) is 10.4 Å². The molecule has 1 fully saturated rings. The van der Waals surface area contributed by atoms with E-state index in [4.69, 9.17) is 0 Å². The third kappa shape index (κ3) is 3.01. The van der Waals surface area contributed by atoms with Crippen LogP contribution < -0.4 is 4.57 Å². The lowest BCUT2D eigenvalue weighted by Crippen LogP contribution is -2.63. The number of carbonyl (C=O) groups excluding carboxylic acids is 1. The molecule has 2 aliphatic heterocycles. The summed E-state index contributed by atoms with van der Waals surface area (Å²) in [6.07, 6.45) is 6.92. The van der Waals surface area contributed by atoms with Gasteiger partial charge in [0.2, 0.25) is 15.8 Å². The average molecular weight is 472 g/mol. The van der Waals surface area contributed by atoms with Crippen LogP contribution in [0.1, 0.15) is 24.4 Å². The van der Waals surface area contributed by atoms with E-state index in [9.17, 15) is 19.8 Å². The molecular weight excluding hydrogens is 448 g/mol. The number of rotatable bonds is 6. The van der Waals surface area contributed by atoms with Crippen LogP contribution in [0.5, 0.6) is 0 Å². The molecule has 0 bridgehead atoms. The number of thioether (sulfide) groups is 1. The van der Waals surface area contributed by atoms with Crippen molar-refractivity contribution in [2.75, 3.05) is 6.26 Å². The van der Waals surface area contributed by atoms with Gasteiger partial charge in [0.15, 0.2) is 0 Å². The molecule has 166 valence electrons. The third-order valence-corrected chi connectivity index (χ3v) is 8.38. The molecule has 0 saturated carbocycles. The molecule has 8 nitrogen and oxygen atoms in total. The van der Waals surface area contributed by atoms with Crippen molar-refractivity contribution in [3.63, 3.8) is 0 Å². The number of hydrogen-bond acceptors (Lipinski definition) is 6. The molecule has 0 spiro atoms. The predicted octanol–water partition coefficient (Wildman–Crippen LogP) is 2.11. The van der Waals surface area contributed by atoms with Crippen LogP contribution in [0, 0.1) is 11.8 Å². The number of carbonyl (C=O) groups is 2. The van der Waals surface area contributed by atoms with Crippen LogP contribution >= 0.6 is 23.1 Å². The molecule has 0 unspecified atom stereocenters. The second-order valence-corrected chi connectivity index (χ2v) is 10.0. The summed E-state index contributed by atoms with van der Waals surface area (Å²) in [6, 6.07) is 5.52. The van der Waals surface area contributed by atoms with E-state index in [0.717, 1.165) is 20.4 Å². The first-order valence-corrected chi connectivity index (χ1v) is 12.3. The number of β-lactam (4-membered cyclic amide) rings is 1. The van der Waals surface area contributed by atoms with Gasteiger partial charge in [-0.05, 0) is 25.3 Å². The fourth-order valence-corrected chi connectivity index (χ4v) is 7.11. The lowest BCUT2D eigenvalue weighted by atomic mass is 9.77. The minimum absolute atomic E-state index is 0.0426. The number of aliphatic hydroxyl groups excluding tert-OH is 1. The molecule has 2 aliphatic rings. The average Bonchev–Trinajstić information content (AvgIpc) is 3.35. The maximum atomic E-state index is 12.6. The Morgan fingerprint density at radius 2 is 2.19 bits per heavy atom. The topological polar surface area (TPSA) is 99.0 Å². The Kier molecular flexibility index (Phi) is 5.11. The highest BCUT2D eigenvalue weighted by atomic mass is 32.2. The molecule has 0 radical (unpaired) electrons. The van der Waals surface area contributed by atoms with Gasteiger partial charge < -0.3 is 15.1 Å². The van der Waals surface area contributed by atoms with E-state index in [1.54, 1.807) is 24.9 Å². The van der Waals surface area contributed by atoms with E-state index in [1.165, 1.54) is 16.2 Å². The number of imidazole rings is 1. The van der Waals surface area contributed by atoms with Gasteiger partial charge in [-0.1, -0.05) is 36.1 Å². The first kappa shape index (κ1) is 21.2. The second-order valence-electron chi connectivity index (χ2n) is 8.20. The van der Waals surface area contributed by atoms with Gasteiger partial charge in [0.1, 0.15) is 18.4 Å². The normalized spacial score (nSPS) is 23.6. The number of aliphatic hydroxyl groups is 1. The summed E-state index contributed by atoms with van der Waals surface area (Å²) >= 11 is 3.15. The fourth-order valence-electron chi connectivity index (χ4n) is 4.93. The van der Waals surface area contributed by atoms with E-state index >= 15 is 0 Å². The Morgan fingerprint density at radius 3 is 2.81 bits per heavy atom. The van der Waals surface area contributed by atoms with Crippen molar-refractivity contribution in [3.8, 4) is 0 Å². The monoisotopic (exact) mass is 471 g/mol. The molecule has 0 aliphatic carbocycles. The van der Waals surface area contributed by atoms with Crippen LogP contribution in [0.3, 0.4) is 0 Å². The number of amides is 1. The van der Waals surface area contributed by atoms with E-state index in [0.29, 0.717) is 12.1 Å². The minimum atomic E-state index is -1.11. The van der Waals surface area contributed by atoms with Crippen molar-refractivity contribution in [2.24, 2.45) is 11.8 Å². The van der Waals surface area contributed by atoms with Crippen LogP contribution in [0.15, 0.2) is 47.6 Å². The predicted molar refractivity (Wildman–Crippen MR) is 120 cm³/mol. The van der Waals surface area contributed by atoms with Crippen molar-refractivity contribution in [3.05, 3.63) is 53.2 Å². The molecule has 1 amide bonds. The van der Waals surface area contributed by atoms with Gasteiger partial charge in [0.25, 0.3) is 6.33 Å². The van der Waals surface area contributed by atoms with Crippen molar-refractivity contribution < 1.29 is 24.4 Å². The van der Waals surface area contributed by atoms with Crippen molar-refractivity contribution in [2.45, 2.75) is 37.6 Å². The first-order valence-electron chi connectivity index (χ1n) is 10.3. The number of aliphatic carboxylic acids is 1. The van der Waals surface area contributed by atoms with Gasteiger partial charge >= 0.3 is 5.97 Å². The number of pyridine rings is 1. The Balaban J connectivity index is 1.57. The first-order chi connectivity index (χ1) is 15.3. The molecular formula is C22H23N4O4S2+. The van der Waals surface area contributed by atoms with Gasteiger partial charge in [-0.15, -0.1) is 0 Å². The van der Waals surface area contributed by atoms with Gasteiger partial charge in [-0.3, -0.25) is 9.78 Å². The second kappa shape index (κ2) is 7.72. The molecule has 1 saturated heterocycles. The molecule has 5 rings (SSSR count). The van der Waals surface area contributed by atoms with Crippen LogP contribution in [-0.2, 0) is 16.1 Å². The number of carboxylic acid groups (broad SMARTS) is 1. The van der Waals surface area contributed by atoms with Crippen molar-refractivity contribution >= 4 is 45.4 Å². The third-order valence-electron chi connectivity index (χ3n) is 6.30. The number of fused-ring (bicyclic) bond motifs is 2. The van der Waals surface area contributed by atoms with E-state index in [1.807, 2.05) is 48.3 Å². The smallest absolute Gasteiger partial charge is 0.352 e. The quantitative estimate of drug-likeness (QED) is 0.325. The summed E-state index contributed by atoms with van der Waals surface area (Å²) < 4.78 is 4.14. The van der Waals surface area contributed by atoms with Gasteiger partial charge in [0, 0.05) is 17.7 Å². The molecule has 3 aromatic heterocycles. The van der Waals surface area contributed by atoms with Gasteiger partial charge in [-0.25, -0.2) is 9.36 Å². The summed E-state index contributed by atoms with van der Waals surface area (Å²) in [4.78, 5) is 32.4. The zero-order chi connectivity index (χ0) is 22.7. The van der Waals surface area contributed by atoms with Crippen LogP contribution in [0.4, 0.5) is 0 Å². The lowest BCUT2D eigenvalue weighted by Gasteiger charge is -2.46. The Bertz CT molecular complexity index is 1260. The highest BCUT2D eigenvalue weighted by molar-refractivity contribution is 7.98. The molecule has 3 aromatic rings. The standard InChI is InChI=1S/C22H22N4O4S2/c1-11-15(18(22(29)30)26-17(11)16(12(2)27)19(26)28)14-9-25-10-24(20(31-3)21(25)32-14)8-13-6-4-5-7-23-13/h4-7,9-12,16-17,27H,8H2,1-3H3/p+1/t11-,12+,16+,17+/m0/s1. The number of carboxylic acids is 1. The SMILES string of the molecule is CSc1c2sc(C3=C(C(=O)O)N4C(=O)[C@H]([C@@H](C)O)[C@H]4[C@H]3C)cn2c[n+]1Cc1ccccn1. The van der Waals surface area contributed by atoms with E-state index in [2.05, 4.69) is 9.55 Å². The zero-order valence-electron chi connectivity index (χ0n) is 17.8. The Morgan fingerprint density at radius 1 is 1.41 bits per heavy atom. The van der Waals surface area contributed by atoms with Crippen molar-refractivity contribution in [1.29, 1.82) is 0 Å². The summed E-state index contributed by atoms with van der Waals surface area (Å²) in [7, 11) is 0. The number of hydrogen-bond donors (Lipinski definition) is 2. The molecule has 32 heavy (non-hydrogen) atoms. The highest BCUT2D eigenvalue weighted by Crippen LogP contribution is 2.51. The number of thiazole rings is 1. The molecule has 2 N–H and O–H groups in total. The lowest BCUT2D eigenvalue weighted by molar-refractivity contribution is -0.722. The van der Waals surface area contributed by atoms with Gasteiger partial charge in [-0.2, -0.15) is 4.40 Å². The summed E-state index contributed by atoms with van der Waals surface area (Å²) in [5.74, 6) is -2.17. The summed E-state index contributed by atoms with van der Waals surface area (Å²) in [5, 5.41) is 21.1. The van der Waals surface area contributed by atoms with Crippen LogP contribution in [-0.4, -0.2) is 54.8 Å². The number of aromatic nitrogens is 3. The molecule has 10 heteroatoms. The summed E-state index contributed by atoms with van der Waals surface area (Å²) in [5.41, 5.74) is 1.66.